The van der Waals surface area contributed by atoms with Crippen molar-refractivity contribution in [3.63, 3.8) is 0 Å². The molecule has 2 aliphatic heterocycles. The summed E-state index contributed by atoms with van der Waals surface area (Å²) < 4.78 is 7.62. The predicted molar refractivity (Wildman–Crippen MR) is 118 cm³/mol. The van der Waals surface area contributed by atoms with Crippen LogP contribution in [-0.2, 0) is 11.3 Å². The fourth-order valence-corrected chi connectivity index (χ4v) is 5.40. The average Bonchev–Trinajstić information content (AvgIpc) is 3.18. The molecule has 5 rings (SSSR count). The number of ether oxygens (including phenoxy) is 1. The maximum atomic E-state index is 13.8. The summed E-state index contributed by atoms with van der Waals surface area (Å²) >= 11 is 0. The summed E-state index contributed by atoms with van der Waals surface area (Å²) in [4.78, 5) is 27.4. The summed E-state index contributed by atoms with van der Waals surface area (Å²) in [7, 11) is 1.66. The van der Waals surface area contributed by atoms with E-state index >= 15 is 0 Å². The number of rotatable bonds is 7. The zero-order valence-corrected chi connectivity index (χ0v) is 18.8. The Bertz CT molecular complexity index is 953. The second kappa shape index (κ2) is 7.93. The van der Waals surface area contributed by atoms with Crippen LogP contribution in [0.4, 0.5) is 0 Å². The average molecular weight is 424 g/mol. The number of aromatic nitrogens is 3. The summed E-state index contributed by atoms with van der Waals surface area (Å²) in [5.41, 5.74) is 1.74. The Hall–Kier alpha value is -2.41. The number of hydrogen-bond donors (Lipinski definition) is 0. The molecule has 0 radical (unpaired) electrons. The third-order valence-corrected chi connectivity index (χ3v) is 7.34. The molecule has 2 saturated heterocycles. The summed E-state index contributed by atoms with van der Waals surface area (Å²) in [5.74, 6) is 1.84. The van der Waals surface area contributed by atoms with E-state index in [-0.39, 0.29) is 11.3 Å². The molecule has 1 saturated carbocycles. The molecule has 166 valence electrons. The van der Waals surface area contributed by atoms with Gasteiger partial charge in [0.2, 0.25) is 11.8 Å². The Morgan fingerprint density at radius 1 is 1.29 bits per heavy atom. The normalized spacial score (nSPS) is 26.5. The van der Waals surface area contributed by atoms with Gasteiger partial charge in [0.1, 0.15) is 0 Å². The van der Waals surface area contributed by atoms with E-state index in [9.17, 15) is 4.79 Å². The summed E-state index contributed by atoms with van der Waals surface area (Å²) in [6.07, 6.45) is 9.28. The Kier molecular flexibility index (Phi) is 5.24. The molecule has 1 aliphatic carbocycles. The lowest BCUT2D eigenvalue weighted by Gasteiger charge is -2.28. The van der Waals surface area contributed by atoms with E-state index < -0.39 is 0 Å². The molecule has 0 bridgehead atoms. The molecule has 7 heteroatoms. The second-order valence-electron chi connectivity index (χ2n) is 9.83. The van der Waals surface area contributed by atoms with Crippen LogP contribution in [0.5, 0.6) is 5.88 Å². The van der Waals surface area contributed by atoms with Gasteiger partial charge in [-0.1, -0.05) is 6.07 Å². The van der Waals surface area contributed by atoms with Crippen molar-refractivity contribution in [3.05, 3.63) is 42.1 Å². The summed E-state index contributed by atoms with van der Waals surface area (Å²) in [6, 6.07) is 4.37. The lowest BCUT2D eigenvalue weighted by molar-refractivity contribution is -0.136. The number of likely N-dealkylation sites (tertiary alicyclic amines) is 2. The zero-order valence-electron chi connectivity index (χ0n) is 18.8. The number of pyridine rings is 1. The minimum absolute atomic E-state index is 0.117. The largest absolute Gasteiger partial charge is 0.481 e. The quantitative estimate of drug-likeness (QED) is 0.685. The number of imidazole rings is 1. The molecule has 31 heavy (non-hydrogen) atoms. The molecule has 2 aromatic rings. The van der Waals surface area contributed by atoms with Crippen molar-refractivity contribution in [1.29, 1.82) is 0 Å². The SMILES string of the molecule is COc1ncccc1CN1C[C@H](c2cn(C(C)C)cn2)[C@@]2(CCN(CC3CC3)C2=O)C1. The van der Waals surface area contributed by atoms with Gasteiger partial charge in [0, 0.05) is 62.6 Å². The topological polar surface area (TPSA) is 63.5 Å². The molecule has 0 aromatic carbocycles. The first kappa shape index (κ1) is 20.5. The molecule has 0 N–H and O–H groups in total. The lowest BCUT2D eigenvalue weighted by Crippen LogP contribution is -2.40. The molecule has 1 spiro atoms. The van der Waals surface area contributed by atoms with Crippen LogP contribution in [0, 0.1) is 11.3 Å². The molecule has 4 heterocycles. The fraction of sp³-hybridized carbons (Fsp3) is 0.625. The molecule has 0 unspecified atom stereocenters. The fourth-order valence-electron chi connectivity index (χ4n) is 5.40. The van der Waals surface area contributed by atoms with Gasteiger partial charge in [-0.25, -0.2) is 9.97 Å². The van der Waals surface area contributed by atoms with Gasteiger partial charge in [0.25, 0.3) is 0 Å². The van der Waals surface area contributed by atoms with Crippen LogP contribution in [-0.4, -0.2) is 63.5 Å². The number of hydrogen-bond acceptors (Lipinski definition) is 5. The standard InChI is InChI=1S/C24H33N5O2/c1-17(2)29-14-21(26-16-29)20-13-27(12-19-5-4-9-25-22(19)31-3)15-24(20)8-10-28(23(24)30)11-18-6-7-18/h4-5,9,14,16-18,20H,6-8,10-13,15H2,1-3H3/t20-,24-/m1/s1. The number of carbonyl (C=O) groups is 1. The third kappa shape index (κ3) is 3.73. The second-order valence-corrected chi connectivity index (χ2v) is 9.83. The highest BCUT2D eigenvalue weighted by Crippen LogP contribution is 2.50. The highest BCUT2D eigenvalue weighted by Gasteiger charge is 2.58. The van der Waals surface area contributed by atoms with Gasteiger partial charge in [-0.2, -0.15) is 0 Å². The van der Waals surface area contributed by atoms with Crippen molar-refractivity contribution in [3.8, 4) is 5.88 Å². The number of nitrogens with zero attached hydrogens (tertiary/aromatic N) is 5. The van der Waals surface area contributed by atoms with Crippen molar-refractivity contribution >= 4 is 5.91 Å². The van der Waals surface area contributed by atoms with E-state index in [0.717, 1.165) is 56.3 Å². The number of methoxy groups -OCH3 is 1. The molecule has 3 fully saturated rings. The molecule has 7 nitrogen and oxygen atoms in total. The van der Waals surface area contributed by atoms with Crippen molar-refractivity contribution in [2.75, 3.05) is 33.3 Å². The minimum atomic E-state index is -0.375. The van der Waals surface area contributed by atoms with Gasteiger partial charge in [-0.15, -0.1) is 0 Å². The van der Waals surface area contributed by atoms with Gasteiger partial charge in [0.15, 0.2) is 0 Å². The molecular formula is C24H33N5O2. The first-order valence-electron chi connectivity index (χ1n) is 11.5. The van der Waals surface area contributed by atoms with Crippen LogP contribution < -0.4 is 4.74 Å². The zero-order chi connectivity index (χ0) is 21.6. The minimum Gasteiger partial charge on any atom is -0.481 e. The Morgan fingerprint density at radius 2 is 2.13 bits per heavy atom. The van der Waals surface area contributed by atoms with Crippen LogP contribution in [0.2, 0.25) is 0 Å². The van der Waals surface area contributed by atoms with Crippen LogP contribution in [0.1, 0.15) is 56.3 Å². The van der Waals surface area contributed by atoms with Crippen LogP contribution in [0.15, 0.2) is 30.9 Å². The van der Waals surface area contributed by atoms with Crippen molar-refractivity contribution in [2.45, 2.75) is 51.6 Å². The van der Waals surface area contributed by atoms with Crippen molar-refractivity contribution in [2.24, 2.45) is 11.3 Å². The van der Waals surface area contributed by atoms with Crippen LogP contribution >= 0.6 is 0 Å². The van der Waals surface area contributed by atoms with E-state index in [1.165, 1.54) is 12.8 Å². The predicted octanol–water partition coefficient (Wildman–Crippen LogP) is 3.10. The first-order chi connectivity index (χ1) is 15.0. The number of carbonyl (C=O) groups excluding carboxylic acids is 1. The van der Waals surface area contributed by atoms with Crippen molar-refractivity contribution in [1.82, 2.24) is 24.3 Å². The monoisotopic (exact) mass is 423 g/mol. The van der Waals surface area contributed by atoms with Gasteiger partial charge in [-0.05, 0) is 45.1 Å². The maximum absolute atomic E-state index is 13.8. The molecule has 2 aromatic heterocycles. The molecule has 1 amide bonds. The highest BCUT2D eigenvalue weighted by molar-refractivity contribution is 5.87. The van der Waals surface area contributed by atoms with Gasteiger partial charge >= 0.3 is 0 Å². The lowest BCUT2D eigenvalue weighted by atomic mass is 9.75. The summed E-state index contributed by atoms with van der Waals surface area (Å²) in [6.45, 7) is 8.46. The van der Waals surface area contributed by atoms with Gasteiger partial charge < -0.3 is 14.2 Å². The number of amides is 1. The first-order valence-corrected chi connectivity index (χ1v) is 11.5. The Labute approximate surface area is 184 Å². The third-order valence-electron chi connectivity index (χ3n) is 7.34. The van der Waals surface area contributed by atoms with Crippen molar-refractivity contribution < 1.29 is 9.53 Å². The molecule has 2 atom stereocenters. The van der Waals surface area contributed by atoms with Gasteiger partial charge in [-0.3, -0.25) is 9.69 Å². The van der Waals surface area contributed by atoms with E-state index in [2.05, 4.69) is 45.5 Å². The van der Waals surface area contributed by atoms with Crippen LogP contribution in [0.25, 0.3) is 0 Å². The smallest absolute Gasteiger partial charge is 0.230 e. The molecular weight excluding hydrogens is 390 g/mol. The highest BCUT2D eigenvalue weighted by atomic mass is 16.5. The van der Waals surface area contributed by atoms with Gasteiger partial charge in [0.05, 0.1) is 24.5 Å². The maximum Gasteiger partial charge on any atom is 0.230 e. The van der Waals surface area contributed by atoms with E-state index in [0.29, 0.717) is 17.8 Å². The Balaban J connectivity index is 1.44. The van der Waals surface area contributed by atoms with E-state index in [4.69, 9.17) is 9.72 Å². The Morgan fingerprint density at radius 3 is 2.84 bits per heavy atom. The van der Waals surface area contributed by atoms with E-state index in [1.54, 1.807) is 13.3 Å². The van der Waals surface area contributed by atoms with E-state index in [1.807, 2.05) is 12.4 Å². The summed E-state index contributed by atoms with van der Waals surface area (Å²) in [5, 5.41) is 0. The van der Waals surface area contributed by atoms with Crippen LogP contribution in [0.3, 0.4) is 0 Å². The molecule has 3 aliphatic rings.